The Morgan fingerprint density at radius 2 is 2.23 bits per heavy atom. The van der Waals surface area contributed by atoms with Crippen molar-refractivity contribution >= 4 is 11.9 Å². The minimum atomic E-state index is -0.427. The third-order valence-corrected chi connectivity index (χ3v) is 5.88. The molecule has 2 aliphatic carbocycles. The van der Waals surface area contributed by atoms with Crippen molar-refractivity contribution < 1.29 is 23.8 Å². The maximum atomic E-state index is 12.1. The molecule has 0 amide bonds. The molecule has 5 nitrogen and oxygen atoms in total. The normalized spacial score (nSPS) is 48.6. The summed E-state index contributed by atoms with van der Waals surface area (Å²) >= 11 is 0. The lowest BCUT2D eigenvalue weighted by atomic mass is 9.78. The van der Waals surface area contributed by atoms with Crippen LogP contribution in [0.4, 0.5) is 0 Å². The lowest BCUT2D eigenvalue weighted by molar-refractivity contribution is -0.151. The van der Waals surface area contributed by atoms with Crippen molar-refractivity contribution in [2.45, 2.75) is 57.0 Å². The zero-order valence-corrected chi connectivity index (χ0v) is 13.0. The number of ether oxygens (including phenoxy) is 3. The minimum absolute atomic E-state index is 0.0197. The maximum Gasteiger partial charge on any atom is 0.334 e. The third kappa shape index (κ3) is 1.52. The number of carbonyl (C=O) groups is 2. The first-order valence-electron chi connectivity index (χ1n) is 7.73. The van der Waals surface area contributed by atoms with Crippen molar-refractivity contribution in [2.24, 2.45) is 11.8 Å². The van der Waals surface area contributed by atoms with Crippen LogP contribution in [0.2, 0.25) is 0 Å². The molecule has 0 radical (unpaired) electrons. The zero-order chi connectivity index (χ0) is 15.9. The van der Waals surface area contributed by atoms with Gasteiger partial charge in [0.05, 0.1) is 11.5 Å². The molecule has 4 rings (SSSR count). The molecular formula is C17H20O5. The molecule has 1 saturated carbocycles. The monoisotopic (exact) mass is 304 g/mol. The predicted octanol–water partition coefficient (Wildman–Crippen LogP) is 1.91. The highest BCUT2D eigenvalue weighted by Crippen LogP contribution is 2.67. The molecule has 118 valence electrons. The van der Waals surface area contributed by atoms with E-state index in [1.165, 1.54) is 12.5 Å². The lowest BCUT2D eigenvalue weighted by Gasteiger charge is -2.29. The van der Waals surface area contributed by atoms with Gasteiger partial charge in [0, 0.05) is 24.8 Å². The summed E-state index contributed by atoms with van der Waals surface area (Å²) in [4.78, 5) is 23.6. The molecule has 0 N–H and O–H groups in total. The van der Waals surface area contributed by atoms with E-state index < -0.39 is 6.10 Å². The fourth-order valence-corrected chi connectivity index (χ4v) is 4.86. The summed E-state index contributed by atoms with van der Waals surface area (Å²) in [5.74, 6) is -1.00. The highest BCUT2D eigenvalue weighted by Gasteiger charge is 2.77. The van der Waals surface area contributed by atoms with Crippen LogP contribution < -0.4 is 0 Å². The SMILES string of the molecule is C=C1C(=O)OC2C1C(OC(C)=O)CC1(C)OC13CC=C(C)C23. The van der Waals surface area contributed by atoms with Crippen LogP contribution in [0.5, 0.6) is 0 Å². The van der Waals surface area contributed by atoms with Crippen LogP contribution in [0.25, 0.3) is 0 Å². The molecule has 4 aliphatic rings. The van der Waals surface area contributed by atoms with Gasteiger partial charge in [-0.15, -0.1) is 0 Å². The van der Waals surface area contributed by atoms with Gasteiger partial charge in [0.15, 0.2) is 0 Å². The highest BCUT2D eigenvalue weighted by molar-refractivity contribution is 5.91. The first kappa shape index (κ1) is 14.0. The zero-order valence-electron chi connectivity index (χ0n) is 13.0. The Morgan fingerprint density at radius 3 is 2.91 bits per heavy atom. The number of hydrogen-bond donors (Lipinski definition) is 0. The van der Waals surface area contributed by atoms with Gasteiger partial charge < -0.3 is 14.2 Å². The van der Waals surface area contributed by atoms with Crippen LogP contribution in [-0.4, -0.2) is 35.3 Å². The molecule has 3 fully saturated rings. The van der Waals surface area contributed by atoms with E-state index in [2.05, 4.69) is 26.5 Å². The molecule has 2 saturated heterocycles. The number of fused-ring (bicyclic) bond motifs is 2. The topological polar surface area (TPSA) is 65.1 Å². The van der Waals surface area contributed by atoms with Gasteiger partial charge in [-0.3, -0.25) is 4.79 Å². The van der Waals surface area contributed by atoms with Crippen molar-refractivity contribution in [3.05, 3.63) is 23.8 Å². The average Bonchev–Trinajstić information content (AvgIpc) is 2.68. The van der Waals surface area contributed by atoms with E-state index in [-0.39, 0.29) is 41.1 Å². The van der Waals surface area contributed by atoms with Crippen molar-refractivity contribution in [3.8, 4) is 0 Å². The molecule has 22 heavy (non-hydrogen) atoms. The summed E-state index contributed by atoms with van der Waals surface area (Å²) < 4.78 is 17.3. The maximum absolute atomic E-state index is 12.1. The molecule has 0 bridgehead atoms. The van der Waals surface area contributed by atoms with Crippen LogP contribution >= 0.6 is 0 Å². The van der Waals surface area contributed by atoms with Gasteiger partial charge >= 0.3 is 11.9 Å². The predicted molar refractivity (Wildman–Crippen MR) is 76.8 cm³/mol. The number of rotatable bonds is 1. The fourth-order valence-electron chi connectivity index (χ4n) is 4.86. The number of esters is 2. The van der Waals surface area contributed by atoms with Gasteiger partial charge in [-0.25, -0.2) is 4.79 Å². The second-order valence-electron chi connectivity index (χ2n) is 7.13. The number of hydrogen-bond acceptors (Lipinski definition) is 5. The van der Waals surface area contributed by atoms with Gasteiger partial charge in [-0.1, -0.05) is 18.2 Å². The summed E-state index contributed by atoms with van der Waals surface area (Å²) in [6, 6.07) is 0. The smallest absolute Gasteiger partial charge is 0.334 e. The van der Waals surface area contributed by atoms with Crippen molar-refractivity contribution in [2.75, 3.05) is 0 Å². The summed E-state index contributed by atoms with van der Waals surface area (Å²) in [5, 5.41) is 0. The first-order valence-corrected chi connectivity index (χ1v) is 7.73. The highest BCUT2D eigenvalue weighted by atomic mass is 16.6. The Kier molecular flexibility index (Phi) is 2.56. The van der Waals surface area contributed by atoms with Crippen LogP contribution in [0, 0.1) is 11.8 Å². The van der Waals surface area contributed by atoms with Crippen molar-refractivity contribution in [3.63, 3.8) is 0 Å². The van der Waals surface area contributed by atoms with E-state index in [1.807, 2.05) is 0 Å². The molecule has 2 heterocycles. The molecule has 6 unspecified atom stereocenters. The van der Waals surface area contributed by atoms with Gasteiger partial charge in [-0.2, -0.15) is 0 Å². The van der Waals surface area contributed by atoms with E-state index >= 15 is 0 Å². The Labute approximate surface area is 129 Å². The quantitative estimate of drug-likeness (QED) is 0.320. The van der Waals surface area contributed by atoms with Gasteiger partial charge in [0.1, 0.15) is 17.8 Å². The molecule has 6 atom stereocenters. The molecular weight excluding hydrogens is 284 g/mol. The Morgan fingerprint density at radius 1 is 1.50 bits per heavy atom. The summed E-state index contributed by atoms with van der Waals surface area (Å²) in [6.45, 7) is 9.40. The second kappa shape index (κ2) is 4.02. The van der Waals surface area contributed by atoms with E-state index in [0.29, 0.717) is 12.0 Å². The second-order valence-corrected chi connectivity index (χ2v) is 7.13. The Hall–Kier alpha value is -1.62. The first-order chi connectivity index (χ1) is 10.3. The van der Waals surface area contributed by atoms with E-state index in [1.54, 1.807) is 0 Å². The molecule has 2 aliphatic heterocycles. The van der Waals surface area contributed by atoms with E-state index in [0.717, 1.165) is 6.42 Å². The number of carbonyl (C=O) groups excluding carboxylic acids is 2. The Bertz CT molecular complexity index is 635. The van der Waals surface area contributed by atoms with Crippen molar-refractivity contribution in [1.82, 2.24) is 0 Å². The van der Waals surface area contributed by atoms with Gasteiger partial charge in [0.25, 0.3) is 0 Å². The fraction of sp³-hybridized carbons (Fsp3) is 0.647. The van der Waals surface area contributed by atoms with Gasteiger partial charge in [-0.05, 0) is 20.3 Å². The number of epoxide rings is 1. The minimum Gasteiger partial charge on any atom is -0.462 e. The molecule has 1 spiro atoms. The molecule has 0 aromatic heterocycles. The van der Waals surface area contributed by atoms with E-state index in [4.69, 9.17) is 14.2 Å². The molecule has 0 aromatic carbocycles. The Balaban J connectivity index is 1.80. The average molecular weight is 304 g/mol. The molecule has 0 aromatic rings. The van der Waals surface area contributed by atoms with Crippen molar-refractivity contribution in [1.29, 1.82) is 0 Å². The van der Waals surface area contributed by atoms with Crippen LogP contribution in [-0.2, 0) is 23.8 Å². The van der Waals surface area contributed by atoms with Gasteiger partial charge in [0.2, 0.25) is 0 Å². The van der Waals surface area contributed by atoms with E-state index in [9.17, 15) is 9.59 Å². The van der Waals surface area contributed by atoms with Crippen LogP contribution in [0.1, 0.15) is 33.6 Å². The summed E-state index contributed by atoms with van der Waals surface area (Å²) in [5.41, 5.74) is 0.934. The van der Waals surface area contributed by atoms with Crippen LogP contribution in [0.15, 0.2) is 23.8 Å². The summed E-state index contributed by atoms with van der Waals surface area (Å²) in [7, 11) is 0. The third-order valence-electron chi connectivity index (χ3n) is 5.88. The largest absolute Gasteiger partial charge is 0.462 e. The standard InChI is InChI=1S/C17H20O5/c1-8-5-6-17-13(8)14-12(9(2)15(19)21-14)11(20-10(3)18)7-16(17,4)22-17/h5,11-14H,2,6-7H2,1,3-4H3. The van der Waals surface area contributed by atoms with Crippen LogP contribution in [0.3, 0.4) is 0 Å². The molecule has 5 heteroatoms. The summed E-state index contributed by atoms with van der Waals surface area (Å²) in [6.07, 6.45) is 2.78. The lowest BCUT2D eigenvalue weighted by Crippen LogP contribution is -2.39.